The third kappa shape index (κ3) is 8.45. The molecule has 3 heteroatoms. The fourth-order valence-corrected chi connectivity index (χ4v) is 12.9. The normalized spacial score (nSPS) is 11.6. The summed E-state index contributed by atoms with van der Waals surface area (Å²) in [4.78, 5) is 2.48. The smallest absolute Gasteiger partial charge is 0.0547 e. The van der Waals surface area contributed by atoms with Gasteiger partial charge in [-0.3, -0.25) is 0 Å². The lowest BCUT2D eigenvalue weighted by atomic mass is 9.94. The van der Waals surface area contributed by atoms with Gasteiger partial charge in [0.15, 0.2) is 0 Å². The van der Waals surface area contributed by atoms with Crippen LogP contribution in [-0.2, 0) is 0 Å². The number of hydrogen-bond acceptors (Lipinski definition) is 1. The van der Waals surface area contributed by atoms with E-state index in [0.29, 0.717) is 0 Å². The van der Waals surface area contributed by atoms with Crippen LogP contribution in [0.2, 0.25) is 0 Å². The van der Waals surface area contributed by atoms with Gasteiger partial charge in [-0.15, -0.1) is 0 Å². The molecule has 0 unspecified atom stereocenters. The second-order valence-electron chi connectivity index (χ2n) is 21.7. The monoisotopic (exact) mass is 1060 g/mol. The maximum Gasteiger partial charge on any atom is 0.0547 e. The summed E-state index contributed by atoms with van der Waals surface area (Å²) in [5.74, 6) is 0. The molecular weight excluding hydrogens is 1000 g/mol. The second-order valence-corrected chi connectivity index (χ2v) is 21.7. The van der Waals surface area contributed by atoms with Crippen LogP contribution in [0.5, 0.6) is 0 Å². The molecule has 0 N–H and O–H groups in total. The van der Waals surface area contributed by atoms with Gasteiger partial charge in [0.05, 0.1) is 27.8 Å². The lowest BCUT2D eigenvalue weighted by Gasteiger charge is -2.28. The molecule has 0 atom stereocenters. The first-order chi connectivity index (χ1) is 41.1. The Morgan fingerprint density at radius 1 is 0.205 bits per heavy atom. The summed E-state index contributed by atoms with van der Waals surface area (Å²) in [5, 5.41) is 9.79. The maximum absolute atomic E-state index is 2.48. The SMILES string of the molecule is c1ccc(-c2cc(-c3ccc4ccccc4c3)cc(N(c3ccc(-c4ccccc4-n4c5ccccc5c5ccccc54)cc3)c3cc(-c4ccc5ccccc5c4)cc(-c4ccc5c6ccccc6n(-c6ccccc6)c5c4)c3)c2)cc1. The zero-order valence-corrected chi connectivity index (χ0v) is 45.4. The van der Waals surface area contributed by atoms with Gasteiger partial charge < -0.3 is 14.0 Å². The van der Waals surface area contributed by atoms with Crippen molar-refractivity contribution in [3.63, 3.8) is 0 Å². The minimum atomic E-state index is 1.04. The lowest BCUT2D eigenvalue weighted by Crippen LogP contribution is -2.11. The highest BCUT2D eigenvalue weighted by Crippen LogP contribution is 2.46. The minimum absolute atomic E-state index is 1.04. The average molecular weight is 1060 g/mol. The van der Waals surface area contributed by atoms with Gasteiger partial charge in [-0.1, -0.05) is 218 Å². The third-order valence-electron chi connectivity index (χ3n) is 16.8. The Kier molecular flexibility index (Phi) is 11.5. The highest BCUT2D eigenvalue weighted by Gasteiger charge is 2.22. The van der Waals surface area contributed by atoms with Crippen LogP contribution in [0, 0.1) is 0 Å². The summed E-state index contributed by atoms with van der Waals surface area (Å²) in [5.41, 5.74) is 21.5. The van der Waals surface area contributed by atoms with E-state index in [-0.39, 0.29) is 0 Å². The average Bonchev–Trinajstić information content (AvgIpc) is 3.47. The molecule has 14 aromatic carbocycles. The van der Waals surface area contributed by atoms with Gasteiger partial charge in [-0.05, 0) is 175 Å². The first-order valence-electron chi connectivity index (χ1n) is 28.5. The van der Waals surface area contributed by atoms with Crippen LogP contribution in [0.4, 0.5) is 17.1 Å². The summed E-state index contributed by atoms with van der Waals surface area (Å²) in [6.07, 6.45) is 0. The molecule has 0 fully saturated rings. The van der Waals surface area contributed by atoms with E-state index in [0.717, 1.165) is 89.6 Å². The Balaban J connectivity index is 0.937. The van der Waals surface area contributed by atoms with Gasteiger partial charge in [-0.2, -0.15) is 0 Å². The molecule has 83 heavy (non-hydrogen) atoms. The molecule has 2 heterocycles. The quantitative estimate of drug-likeness (QED) is 0.133. The summed E-state index contributed by atoms with van der Waals surface area (Å²) in [6.45, 7) is 0. The maximum atomic E-state index is 2.48. The van der Waals surface area contributed by atoms with Crippen molar-refractivity contribution in [3.05, 3.63) is 322 Å². The van der Waals surface area contributed by atoms with Crippen LogP contribution in [0.1, 0.15) is 0 Å². The first kappa shape index (κ1) is 48.0. The van der Waals surface area contributed by atoms with Gasteiger partial charge in [-0.25, -0.2) is 0 Å². The van der Waals surface area contributed by atoms with Crippen molar-refractivity contribution in [1.29, 1.82) is 0 Å². The summed E-state index contributed by atoms with van der Waals surface area (Å²) in [7, 11) is 0. The lowest BCUT2D eigenvalue weighted by molar-refractivity contribution is 1.18. The molecule has 0 amide bonds. The van der Waals surface area contributed by atoms with E-state index in [1.165, 1.54) is 59.6 Å². The van der Waals surface area contributed by atoms with Gasteiger partial charge in [0.2, 0.25) is 0 Å². The summed E-state index contributed by atoms with van der Waals surface area (Å²) >= 11 is 0. The van der Waals surface area contributed by atoms with Crippen LogP contribution in [0.25, 0.3) is 132 Å². The summed E-state index contributed by atoms with van der Waals surface area (Å²) in [6, 6.07) is 118. The van der Waals surface area contributed by atoms with Crippen LogP contribution in [-0.4, -0.2) is 9.13 Å². The molecule has 2 aromatic heterocycles. The van der Waals surface area contributed by atoms with E-state index >= 15 is 0 Å². The molecule has 0 radical (unpaired) electrons. The number of nitrogens with zero attached hydrogens (tertiary/aromatic N) is 3. The van der Waals surface area contributed by atoms with Crippen molar-refractivity contribution >= 4 is 82.2 Å². The largest absolute Gasteiger partial charge is 0.310 e. The first-order valence-corrected chi connectivity index (χ1v) is 28.5. The predicted molar refractivity (Wildman–Crippen MR) is 352 cm³/mol. The molecule has 16 aromatic rings. The van der Waals surface area contributed by atoms with Crippen molar-refractivity contribution in [1.82, 2.24) is 9.13 Å². The molecule has 0 aliphatic carbocycles. The Labute approximate surface area is 482 Å². The third-order valence-corrected chi connectivity index (χ3v) is 16.8. The number of fused-ring (bicyclic) bond motifs is 8. The molecule has 3 nitrogen and oxygen atoms in total. The molecule has 0 saturated heterocycles. The zero-order valence-electron chi connectivity index (χ0n) is 45.4. The van der Waals surface area contributed by atoms with E-state index < -0.39 is 0 Å². The van der Waals surface area contributed by atoms with Crippen molar-refractivity contribution in [2.75, 3.05) is 4.90 Å². The van der Waals surface area contributed by atoms with Crippen molar-refractivity contribution in [2.45, 2.75) is 0 Å². The molecule has 16 rings (SSSR count). The highest BCUT2D eigenvalue weighted by molar-refractivity contribution is 6.11. The Bertz CT molecular complexity index is 5090. The number of benzene rings is 14. The number of aromatic nitrogens is 2. The number of para-hydroxylation sites is 5. The van der Waals surface area contributed by atoms with Crippen molar-refractivity contribution < 1.29 is 0 Å². The Morgan fingerprint density at radius 3 is 1.18 bits per heavy atom. The Morgan fingerprint density at radius 2 is 0.614 bits per heavy atom. The number of anilines is 3. The molecule has 0 saturated carbocycles. The second kappa shape index (κ2) is 20.0. The molecule has 0 aliphatic heterocycles. The standard InChI is InChI=1S/C80H53N3/c1-3-19-54(20-4-1)63-47-64(60-37-35-55-21-7-9-23-58(55)45-60)50-69(49-63)81(68-42-39-57(40-43-68)71-27-11-15-31-76(71)83-78-33-17-13-28-72(78)73-29-14-18-34-79(73)83)70-51-65(61-38-36-56-22-8-10-24-59(56)46-61)48-66(52-70)62-41-44-75-74-30-12-16-32-77(74)82(80(75)53-62)67-25-5-2-6-26-67/h1-53H. The fourth-order valence-electron chi connectivity index (χ4n) is 12.9. The van der Waals surface area contributed by atoms with Gasteiger partial charge in [0, 0.05) is 49.9 Å². The van der Waals surface area contributed by atoms with Crippen LogP contribution >= 0.6 is 0 Å². The van der Waals surface area contributed by atoms with E-state index in [4.69, 9.17) is 0 Å². The zero-order chi connectivity index (χ0) is 54.8. The van der Waals surface area contributed by atoms with E-state index in [1.807, 2.05) is 0 Å². The number of hydrogen-bond donors (Lipinski definition) is 0. The van der Waals surface area contributed by atoms with Crippen LogP contribution in [0.3, 0.4) is 0 Å². The van der Waals surface area contributed by atoms with Crippen LogP contribution < -0.4 is 4.90 Å². The highest BCUT2D eigenvalue weighted by atomic mass is 15.1. The molecular formula is C80H53N3. The van der Waals surface area contributed by atoms with E-state index in [2.05, 4.69) is 336 Å². The number of rotatable bonds is 10. The Hall–Kier alpha value is -11.0. The van der Waals surface area contributed by atoms with Gasteiger partial charge in [0.25, 0.3) is 0 Å². The van der Waals surface area contributed by atoms with E-state index in [9.17, 15) is 0 Å². The molecule has 0 aliphatic rings. The van der Waals surface area contributed by atoms with Gasteiger partial charge >= 0.3 is 0 Å². The van der Waals surface area contributed by atoms with Crippen LogP contribution in [0.15, 0.2) is 322 Å². The molecule has 388 valence electrons. The van der Waals surface area contributed by atoms with Crippen molar-refractivity contribution in [3.8, 4) is 67.0 Å². The topological polar surface area (TPSA) is 13.1 Å². The summed E-state index contributed by atoms with van der Waals surface area (Å²) < 4.78 is 4.85. The van der Waals surface area contributed by atoms with E-state index in [1.54, 1.807) is 0 Å². The fraction of sp³-hybridized carbons (Fsp3) is 0. The minimum Gasteiger partial charge on any atom is -0.310 e. The van der Waals surface area contributed by atoms with Gasteiger partial charge in [0.1, 0.15) is 0 Å². The molecule has 0 bridgehead atoms. The predicted octanol–water partition coefficient (Wildman–Crippen LogP) is 22.0. The van der Waals surface area contributed by atoms with Crippen molar-refractivity contribution in [2.24, 2.45) is 0 Å². The molecule has 0 spiro atoms.